The fourth-order valence-electron chi connectivity index (χ4n) is 5.93. The zero-order valence-electron chi connectivity index (χ0n) is 21.1. The molecule has 8 rings (SSSR count). The van der Waals surface area contributed by atoms with Crippen molar-refractivity contribution in [3.8, 4) is 35.0 Å². The lowest BCUT2D eigenvalue weighted by Gasteiger charge is -2.10. The number of fused-ring (bicyclic) bond motifs is 2. The Morgan fingerprint density at radius 3 is 2.30 bits per heavy atom. The number of nitrogens with zero attached hydrogens (tertiary/aromatic N) is 6. The average molecular weight is 511 g/mol. The summed E-state index contributed by atoms with van der Waals surface area (Å²) in [6.45, 7) is 0. The van der Waals surface area contributed by atoms with E-state index in [2.05, 4.69) is 94.2 Å². The van der Waals surface area contributed by atoms with Gasteiger partial charge < -0.3 is 4.57 Å². The number of benzene rings is 5. The highest BCUT2D eigenvalue weighted by molar-refractivity contribution is 6.29. The van der Waals surface area contributed by atoms with Crippen LogP contribution in [-0.4, -0.2) is 19.1 Å². The molecule has 0 saturated heterocycles. The van der Waals surface area contributed by atoms with Crippen LogP contribution in [0.4, 0.5) is 0 Å². The van der Waals surface area contributed by atoms with Gasteiger partial charge in [0.15, 0.2) is 0 Å². The summed E-state index contributed by atoms with van der Waals surface area (Å²) in [5.74, 6) is 0.533. The van der Waals surface area contributed by atoms with Crippen LogP contribution in [0, 0.1) is 22.7 Å². The molecule has 0 aliphatic heterocycles. The molecule has 0 radical (unpaired) electrons. The zero-order chi connectivity index (χ0) is 26.8. The molecule has 0 spiro atoms. The smallest absolute Gasteiger partial charge is 0.235 e. The van der Waals surface area contributed by atoms with Crippen LogP contribution in [0.1, 0.15) is 11.1 Å². The molecule has 3 heterocycles. The number of rotatable bonds is 3. The van der Waals surface area contributed by atoms with Crippen LogP contribution in [0.3, 0.4) is 0 Å². The Morgan fingerprint density at radius 1 is 0.675 bits per heavy atom. The van der Waals surface area contributed by atoms with E-state index in [9.17, 15) is 10.5 Å². The molecule has 3 aromatic heterocycles. The van der Waals surface area contributed by atoms with Gasteiger partial charge in [0, 0.05) is 45.2 Å². The third-order valence-corrected chi connectivity index (χ3v) is 7.59. The van der Waals surface area contributed by atoms with Crippen molar-refractivity contribution in [1.82, 2.24) is 19.1 Å². The van der Waals surface area contributed by atoms with Crippen LogP contribution < -0.4 is 0 Å². The molecular formula is C34H18N6. The molecule has 40 heavy (non-hydrogen) atoms. The molecule has 184 valence electrons. The van der Waals surface area contributed by atoms with Crippen LogP contribution in [-0.2, 0) is 0 Å². The van der Waals surface area contributed by atoms with Crippen molar-refractivity contribution in [3.05, 3.63) is 121 Å². The zero-order valence-corrected chi connectivity index (χ0v) is 21.1. The Bertz CT molecular complexity index is 2310. The van der Waals surface area contributed by atoms with E-state index in [-0.39, 0.29) is 0 Å². The van der Waals surface area contributed by atoms with Gasteiger partial charge in [-0.05, 0) is 60.0 Å². The molecule has 0 fully saturated rings. The quantitative estimate of drug-likeness (QED) is 0.230. The molecule has 6 heteroatoms. The van der Waals surface area contributed by atoms with Gasteiger partial charge in [0.25, 0.3) is 0 Å². The number of hydrogen-bond donors (Lipinski definition) is 0. The molecule has 0 aliphatic rings. The normalized spacial score (nSPS) is 11.4. The first-order chi connectivity index (χ1) is 19.7. The highest BCUT2D eigenvalue weighted by Gasteiger charge is 2.21. The molecule has 5 aromatic carbocycles. The standard InChI is InChI=1S/C34H18N6/c35-19-21-15-22(20-36)17-25(16-21)28-11-13-37-34(38-28)40-29-8-4-5-23-9-10-27-32(31(23)29)30(40)18-24-12-14-39(33(24)27)26-6-2-1-3-7-26/h1-18H. The van der Waals surface area contributed by atoms with Crippen LogP contribution in [0.2, 0.25) is 0 Å². The molecule has 0 N–H and O–H groups in total. The van der Waals surface area contributed by atoms with Crippen molar-refractivity contribution >= 4 is 43.5 Å². The van der Waals surface area contributed by atoms with Gasteiger partial charge in [-0.1, -0.05) is 42.5 Å². The molecular weight excluding hydrogens is 492 g/mol. The van der Waals surface area contributed by atoms with Gasteiger partial charge in [0.2, 0.25) is 5.95 Å². The van der Waals surface area contributed by atoms with Gasteiger partial charge in [-0.2, -0.15) is 10.5 Å². The molecule has 0 atom stereocenters. The molecule has 0 amide bonds. The van der Waals surface area contributed by atoms with E-state index in [0.29, 0.717) is 28.3 Å². The van der Waals surface area contributed by atoms with E-state index in [4.69, 9.17) is 9.97 Å². The maximum Gasteiger partial charge on any atom is 0.235 e. The number of aromatic nitrogens is 4. The van der Waals surface area contributed by atoms with Gasteiger partial charge in [-0.25, -0.2) is 9.97 Å². The van der Waals surface area contributed by atoms with E-state index in [0.717, 1.165) is 33.0 Å². The molecule has 8 aromatic rings. The summed E-state index contributed by atoms with van der Waals surface area (Å²) in [7, 11) is 0. The van der Waals surface area contributed by atoms with Crippen molar-refractivity contribution in [1.29, 1.82) is 10.5 Å². The molecule has 0 bridgehead atoms. The second-order valence-corrected chi connectivity index (χ2v) is 9.82. The van der Waals surface area contributed by atoms with E-state index in [1.165, 1.54) is 16.2 Å². The fraction of sp³-hybridized carbons (Fsp3) is 0. The lowest BCUT2D eigenvalue weighted by atomic mass is 10.0. The second kappa shape index (κ2) is 8.26. The molecule has 0 unspecified atom stereocenters. The van der Waals surface area contributed by atoms with Crippen molar-refractivity contribution in [2.24, 2.45) is 0 Å². The Hall–Kier alpha value is -5.98. The van der Waals surface area contributed by atoms with Crippen molar-refractivity contribution in [2.75, 3.05) is 0 Å². The topological polar surface area (TPSA) is 83.2 Å². The fourth-order valence-corrected chi connectivity index (χ4v) is 5.93. The van der Waals surface area contributed by atoms with Gasteiger partial charge in [-0.3, -0.25) is 4.57 Å². The summed E-state index contributed by atoms with van der Waals surface area (Å²) in [5, 5.41) is 24.8. The minimum absolute atomic E-state index is 0.419. The van der Waals surface area contributed by atoms with Crippen molar-refractivity contribution in [3.63, 3.8) is 0 Å². The Kier molecular flexibility index (Phi) is 4.55. The summed E-state index contributed by atoms with van der Waals surface area (Å²) in [5.41, 5.74) is 6.52. The van der Waals surface area contributed by atoms with Crippen LogP contribution >= 0.6 is 0 Å². The van der Waals surface area contributed by atoms with E-state index in [1.807, 2.05) is 12.1 Å². The van der Waals surface area contributed by atoms with Gasteiger partial charge in [0.1, 0.15) is 0 Å². The SMILES string of the molecule is N#Cc1cc(C#N)cc(-c2ccnc(-n3c4cccc5ccc6c(c54)c3cc3ccn(-c4ccccc4)c36)n2)c1. The summed E-state index contributed by atoms with van der Waals surface area (Å²) in [6, 6.07) is 36.6. The van der Waals surface area contributed by atoms with Crippen molar-refractivity contribution < 1.29 is 0 Å². The molecule has 0 aliphatic carbocycles. The highest BCUT2D eigenvalue weighted by Crippen LogP contribution is 2.42. The lowest BCUT2D eigenvalue weighted by Crippen LogP contribution is -2.02. The van der Waals surface area contributed by atoms with Gasteiger partial charge in [-0.15, -0.1) is 0 Å². The van der Waals surface area contributed by atoms with Crippen LogP contribution in [0.5, 0.6) is 0 Å². The Labute approximate surface area is 228 Å². The highest BCUT2D eigenvalue weighted by atomic mass is 15.2. The Morgan fingerprint density at radius 2 is 1.50 bits per heavy atom. The van der Waals surface area contributed by atoms with Crippen LogP contribution in [0.15, 0.2) is 109 Å². The third-order valence-electron chi connectivity index (χ3n) is 7.59. The van der Waals surface area contributed by atoms with E-state index >= 15 is 0 Å². The summed E-state index contributed by atoms with van der Waals surface area (Å²) < 4.78 is 4.37. The molecule has 6 nitrogen and oxygen atoms in total. The van der Waals surface area contributed by atoms with Crippen LogP contribution in [0.25, 0.3) is 66.4 Å². The summed E-state index contributed by atoms with van der Waals surface area (Å²) in [6.07, 6.45) is 3.85. The largest absolute Gasteiger partial charge is 0.316 e. The summed E-state index contributed by atoms with van der Waals surface area (Å²) >= 11 is 0. The van der Waals surface area contributed by atoms with Gasteiger partial charge in [0.05, 0.1) is 45.5 Å². The lowest BCUT2D eigenvalue weighted by molar-refractivity contribution is 0.993. The monoisotopic (exact) mass is 510 g/mol. The summed E-state index contributed by atoms with van der Waals surface area (Å²) in [4.78, 5) is 9.66. The number of hydrogen-bond acceptors (Lipinski definition) is 4. The van der Waals surface area contributed by atoms with E-state index < -0.39 is 0 Å². The number of nitriles is 2. The maximum absolute atomic E-state index is 9.49. The minimum atomic E-state index is 0.419. The predicted octanol–water partition coefficient (Wildman–Crippen LogP) is 7.52. The van der Waals surface area contributed by atoms with Crippen molar-refractivity contribution in [2.45, 2.75) is 0 Å². The van der Waals surface area contributed by atoms with E-state index in [1.54, 1.807) is 24.4 Å². The first-order valence-electron chi connectivity index (χ1n) is 12.9. The first-order valence-corrected chi connectivity index (χ1v) is 12.9. The minimum Gasteiger partial charge on any atom is -0.316 e. The third kappa shape index (κ3) is 3.08. The number of para-hydroxylation sites is 1. The van der Waals surface area contributed by atoms with Gasteiger partial charge >= 0.3 is 0 Å². The Balaban J connectivity index is 1.44. The second-order valence-electron chi connectivity index (χ2n) is 9.82. The predicted molar refractivity (Wildman–Crippen MR) is 157 cm³/mol. The molecule has 0 saturated carbocycles. The first kappa shape index (κ1) is 22.0. The maximum atomic E-state index is 9.49. The average Bonchev–Trinajstić information content (AvgIpc) is 3.60.